The zero-order valence-electron chi connectivity index (χ0n) is 14.1. The van der Waals surface area contributed by atoms with E-state index in [1.165, 1.54) is 0 Å². The molecule has 1 amide bonds. The van der Waals surface area contributed by atoms with Crippen LogP contribution in [0.3, 0.4) is 0 Å². The van der Waals surface area contributed by atoms with E-state index in [0.717, 1.165) is 36.1 Å². The zero-order chi connectivity index (χ0) is 17.2. The molecule has 0 spiro atoms. The van der Waals surface area contributed by atoms with Crippen LogP contribution in [0, 0.1) is 5.92 Å². The SMILES string of the molecule is CN(Cc1cccc2cccnc12)C(=O)c1cn(CC2CNC2)nn1. The Hall–Kier alpha value is -2.80. The van der Waals surface area contributed by atoms with Crippen molar-refractivity contribution in [3.05, 3.63) is 54.0 Å². The molecule has 0 unspecified atom stereocenters. The highest BCUT2D eigenvalue weighted by molar-refractivity contribution is 5.92. The number of aromatic nitrogens is 4. The van der Waals surface area contributed by atoms with E-state index in [1.807, 2.05) is 30.3 Å². The van der Waals surface area contributed by atoms with Gasteiger partial charge in [0.2, 0.25) is 0 Å². The van der Waals surface area contributed by atoms with E-state index in [-0.39, 0.29) is 5.91 Å². The van der Waals surface area contributed by atoms with E-state index in [0.29, 0.717) is 18.2 Å². The minimum absolute atomic E-state index is 0.133. The summed E-state index contributed by atoms with van der Waals surface area (Å²) in [6, 6.07) is 9.94. The molecule has 1 aromatic carbocycles. The van der Waals surface area contributed by atoms with Gasteiger partial charge in [-0.15, -0.1) is 5.10 Å². The van der Waals surface area contributed by atoms with Crippen molar-refractivity contribution in [3.8, 4) is 0 Å². The highest BCUT2D eigenvalue weighted by atomic mass is 16.2. The summed E-state index contributed by atoms with van der Waals surface area (Å²) in [7, 11) is 1.78. The Bertz CT molecular complexity index is 896. The first-order valence-electron chi connectivity index (χ1n) is 8.39. The summed E-state index contributed by atoms with van der Waals surface area (Å²) >= 11 is 0. The molecule has 0 radical (unpaired) electrons. The van der Waals surface area contributed by atoms with Crippen LogP contribution in [-0.2, 0) is 13.1 Å². The van der Waals surface area contributed by atoms with Crippen LogP contribution in [-0.4, -0.2) is 50.9 Å². The van der Waals surface area contributed by atoms with Gasteiger partial charge >= 0.3 is 0 Å². The van der Waals surface area contributed by atoms with Gasteiger partial charge in [-0.05, 0) is 11.6 Å². The van der Waals surface area contributed by atoms with Gasteiger partial charge in [-0.25, -0.2) is 0 Å². The molecular weight excluding hydrogens is 316 g/mol. The van der Waals surface area contributed by atoms with Gasteiger partial charge in [0.15, 0.2) is 5.69 Å². The second-order valence-electron chi connectivity index (χ2n) is 6.50. The molecule has 128 valence electrons. The van der Waals surface area contributed by atoms with Crippen molar-refractivity contribution in [2.75, 3.05) is 20.1 Å². The Balaban J connectivity index is 1.48. The molecule has 1 aliphatic heterocycles. The summed E-state index contributed by atoms with van der Waals surface area (Å²) in [5, 5.41) is 12.4. The minimum atomic E-state index is -0.133. The second kappa shape index (κ2) is 6.60. The van der Waals surface area contributed by atoms with Gasteiger partial charge in [0.1, 0.15) is 0 Å². The maximum Gasteiger partial charge on any atom is 0.276 e. The van der Waals surface area contributed by atoms with Gasteiger partial charge in [-0.2, -0.15) is 0 Å². The van der Waals surface area contributed by atoms with Crippen LogP contribution in [0.5, 0.6) is 0 Å². The van der Waals surface area contributed by atoms with Crippen LogP contribution in [0.1, 0.15) is 16.1 Å². The summed E-state index contributed by atoms with van der Waals surface area (Å²) in [6.45, 7) is 3.27. The van der Waals surface area contributed by atoms with E-state index in [9.17, 15) is 4.79 Å². The lowest BCUT2D eigenvalue weighted by molar-refractivity contribution is 0.0779. The molecule has 1 saturated heterocycles. The topological polar surface area (TPSA) is 75.9 Å². The third kappa shape index (κ3) is 3.23. The summed E-state index contributed by atoms with van der Waals surface area (Å²) in [5.41, 5.74) is 2.32. The van der Waals surface area contributed by atoms with Gasteiger partial charge < -0.3 is 10.2 Å². The Morgan fingerprint density at radius 2 is 2.16 bits per heavy atom. The van der Waals surface area contributed by atoms with Crippen LogP contribution >= 0.6 is 0 Å². The summed E-state index contributed by atoms with van der Waals surface area (Å²) in [4.78, 5) is 18.7. The molecule has 25 heavy (non-hydrogen) atoms. The molecule has 3 heterocycles. The maximum atomic E-state index is 12.6. The molecule has 0 aliphatic carbocycles. The number of para-hydroxylation sites is 1. The average Bonchev–Trinajstić information content (AvgIpc) is 3.06. The fraction of sp³-hybridized carbons (Fsp3) is 0.333. The predicted octanol–water partition coefficient (Wildman–Crippen LogP) is 1.32. The van der Waals surface area contributed by atoms with Crippen LogP contribution in [0.4, 0.5) is 0 Å². The van der Waals surface area contributed by atoms with Gasteiger partial charge in [-0.1, -0.05) is 29.5 Å². The van der Waals surface area contributed by atoms with Gasteiger partial charge in [0, 0.05) is 50.7 Å². The molecule has 4 rings (SSSR count). The van der Waals surface area contributed by atoms with E-state index >= 15 is 0 Å². The molecular formula is C18H20N6O. The number of hydrogen-bond donors (Lipinski definition) is 1. The third-order valence-electron chi connectivity index (χ3n) is 4.54. The van der Waals surface area contributed by atoms with Crippen molar-refractivity contribution < 1.29 is 4.79 Å². The largest absolute Gasteiger partial charge is 0.336 e. The molecule has 0 bridgehead atoms. The second-order valence-corrected chi connectivity index (χ2v) is 6.50. The zero-order valence-corrected chi connectivity index (χ0v) is 14.1. The van der Waals surface area contributed by atoms with Crippen LogP contribution in [0.15, 0.2) is 42.7 Å². The Morgan fingerprint density at radius 3 is 2.96 bits per heavy atom. The molecule has 2 aromatic heterocycles. The number of benzene rings is 1. The number of carbonyl (C=O) groups excluding carboxylic acids is 1. The number of fused-ring (bicyclic) bond motifs is 1. The van der Waals surface area contributed by atoms with E-state index in [4.69, 9.17) is 0 Å². The van der Waals surface area contributed by atoms with Crippen molar-refractivity contribution in [2.24, 2.45) is 5.92 Å². The smallest absolute Gasteiger partial charge is 0.276 e. The summed E-state index contributed by atoms with van der Waals surface area (Å²) < 4.78 is 1.76. The standard InChI is InChI=1S/C18H20N6O/c1-23(11-15-5-2-4-14-6-3-7-20-17(14)15)18(25)16-12-24(22-21-16)10-13-8-19-9-13/h2-7,12-13,19H,8-11H2,1H3. The van der Waals surface area contributed by atoms with Gasteiger partial charge in [0.25, 0.3) is 5.91 Å². The lowest BCUT2D eigenvalue weighted by Gasteiger charge is -2.26. The van der Waals surface area contributed by atoms with E-state index in [2.05, 4.69) is 20.6 Å². The number of nitrogens with one attached hydrogen (secondary N) is 1. The van der Waals surface area contributed by atoms with E-state index < -0.39 is 0 Å². The van der Waals surface area contributed by atoms with Crippen LogP contribution < -0.4 is 5.32 Å². The van der Waals surface area contributed by atoms with Gasteiger partial charge in [-0.3, -0.25) is 14.5 Å². The lowest BCUT2D eigenvalue weighted by Crippen LogP contribution is -2.44. The van der Waals surface area contributed by atoms with E-state index in [1.54, 1.807) is 29.0 Å². The molecule has 1 fully saturated rings. The van der Waals surface area contributed by atoms with Crippen molar-refractivity contribution in [3.63, 3.8) is 0 Å². The average molecular weight is 336 g/mol. The number of amides is 1. The normalized spacial score (nSPS) is 14.4. The molecule has 7 heteroatoms. The fourth-order valence-electron chi connectivity index (χ4n) is 3.05. The van der Waals surface area contributed by atoms with Crippen molar-refractivity contribution in [2.45, 2.75) is 13.1 Å². The number of nitrogens with zero attached hydrogens (tertiary/aromatic N) is 5. The summed E-state index contributed by atoms with van der Waals surface area (Å²) in [5.74, 6) is 0.440. The van der Waals surface area contributed by atoms with Crippen molar-refractivity contribution >= 4 is 16.8 Å². The molecule has 0 saturated carbocycles. The molecule has 7 nitrogen and oxygen atoms in total. The number of hydrogen-bond acceptors (Lipinski definition) is 5. The predicted molar refractivity (Wildman–Crippen MR) is 93.9 cm³/mol. The Labute approximate surface area is 145 Å². The maximum absolute atomic E-state index is 12.6. The quantitative estimate of drug-likeness (QED) is 0.760. The first-order valence-corrected chi connectivity index (χ1v) is 8.39. The van der Waals surface area contributed by atoms with Crippen molar-refractivity contribution in [1.82, 2.24) is 30.2 Å². The van der Waals surface area contributed by atoms with Crippen LogP contribution in [0.2, 0.25) is 0 Å². The van der Waals surface area contributed by atoms with Crippen molar-refractivity contribution in [1.29, 1.82) is 0 Å². The van der Waals surface area contributed by atoms with Gasteiger partial charge in [0.05, 0.1) is 11.7 Å². The third-order valence-corrected chi connectivity index (χ3v) is 4.54. The number of rotatable bonds is 5. The highest BCUT2D eigenvalue weighted by Crippen LogP contribution is 2.18. The monoisotopic (exact) mass is 336 g/mol. The first-order chi connectivity index (χ1) is 12.2. The van der Waals surface area contributed by atoms with Crippen LogP contribution in [0.25, 0.3) is 10.9 Å². The Kier molecular flexibility index (Phi) is 4.15. The molecule has 1 aliphatic rings. The Morgan fingerprint density at radius 1 is 1.32 bits per heavy atom. The molecule has 1 N–H and O–H groups in total. The highest BCUT2D eigenvalue weighted by Gasteiger charge is 2.20. The number of carbonyl (C=O) groups is 1. The summed E-state index contributed by atoms with van der Waals surface area (Å²) in [6.07, 6.45) is 3.51. The fourth-order valence-corrected chi connectivity index (χ4v) is 3.05. The molecule has 0 atom stereocenters. The number of pyridine rings is 1. The first kappa shape index (κ1) is 15.7. The minimum Gasteiger partial charge on any atom is -0.336 e. The lowest BCUT2D eigenvalue weighted by atomic mass is 10.0. The molecule has 3 aromatic rings.